The minimum Gasteiger partial charge on any atom is -0.443 e. The number of fused-ring (bicyclic) bond motifs is 1. The van der Waals surface area contributed by atoms with Crippen molar-refractivity contribution in [3.63, 3.8) is 0 Å². The summed E-state index contributed by atoms with van der Waals surface area (Å²) in [6, 6.07) is 14.4. The van der Waals surface area contributed by atoms with E-state index < -0.39 is 46.8 Å². The number of aliphatic hydroxyl groups is 1. The van der Waals surface area contributed by atoms with Crippen LogP contribution in [0.5, 0.6) is 0 Å². The van der Waals surface area contributed by atoms with Crippen LogP contribution in [0.15, 0.2) is 59.5 Å². The largest absolute Gasteiger partial charge is 0.443 e. The highest BCUT2D eigenvalue weighted by atomic mass is 32.2. The molecule has 0 radical (unpaired) electrons. The van der Waals surface area contributed by atoms with Crippen LogP contribution < -0.4 is 11.1 Å². The van der Waals surface area contributed by atoms with Gasteiger partial charge in [-0.2, -0.15) is 4.31 Å². The lowest BCUT2D eigenvalue weighted by Crippen LogP contribution is -2.53. The van der Waals surface area contributed by atoms with Crippen molar-refractivity contribution in [1.29, 1.82) is 0 Å². The molecule has 2 aromatic rings. The van der Waals surface area contributed by atoms with Crippen LogP contribution in [-0.2, 0) is 35.4 Å². The number of ether oxygens (including phenoxy) is 4. The number of sulfonamides is 1. The SMILES string of the molecule is CC(C)CN(C[C@@H](O)[C@H](Cc1ccccc1)NC(=O)O[C@H]1CCO[C@H]2OCO[C@H]21)S(=O)(=O)c1ccc(N)cc1. The Morgan fingerprint density at radius 1 is 1.10 bits per heavy atom. The first kappa shape index (κ1) is 29.2. The van der Waals surface area contributed by atoms with Crippen LogP contribution in [0.3, 0.4) is 0 Å². The molecule has 0 aromatic heterocycles. The fourth-order valence-corrected chi connectivity index (χ4v) is 6.27. The van der Waals surface area contributed by atoms with E-state index in [9.17, 15) is 18.3 Å². The third kappa shape index (κ3) is 7.68. The van der Waals surface area contributed by atoms with Crippen LogP contribution in [0.25, 0.3) is 0 Å². The van der Waals surface area contributed by atoms with Crippen LogP contribution >= 0.6 is 0 Å². The van der Waals surface area contributed by atoms with Gasteiger partial charge in [0.1, 0.15) is 12.2 Å². The van der Waals surface area contributed by atoms with E-state index in [1.165, 1.54) is 28.6 Å². The molecule has 2 saturated heterocycles. The summed E-state index contributed by atoms with van der Waals surface area (Å²) in [6.45, 7) is 4.14. The molecule has 2 aliphatic rings. The number of benzene rings is 2. The molecule has 2 aliphatic heterocycles. The zero-order valence-corrected chi connectivity index (χ0v) is 23.0. The number of anilines is 1. The smallest absolute Gasteiger partial charge is 0.407 e. The van der Waals surface area contributed by atoms with Crippen LogP contribution in [0.2, 0.25) is 0 Å². The van der Waals surface area contributed by atoms with Gasteiger partial charge in [-0.15, -0.1) is 0 Å². The summed E-state index contributed by atoms with van der Waals surface area (Å²) >= 11 is 0. The highest BCUT2D eigenvalue weighted by Crippen LogP contribution is 2.26. The number of aliphatic hydroxyl groups excluding tert-OH is 1. The Morgan fingerprint density at radius 3 is 2.51 bits per heavy atom. The molecule has 2 heterocycles. The average Bonchev–Trinajstić information content (AvgIpc) is 3.38. The van der Waals surface area contributed by atoms with E-state index in [1.54, 1.807) is 0 Å². The maximum absolute atomic E-state index is 13.5. The summed E-state index contributed by atoms with van der Waals surface area (Å²) in [7, 11) is -3.95. The molecule has 0 bridgehead atoms. The summed E-state index contributed by atoms with van der Waals surface area (Å²) in [6.07, 6.45) is -3.00. The van der Waals surface area contributed by atoms with Crippen molar-refractivity contribution in [1.82, 2.24) is 9.62 Å². The van der Waals surface area contributed by atoms with Crippen molar-refractivity contribution < 1.29 is 37.3 Å². The van der Waals surface area contributed by atoms with Gasteiger partial charge in [0.25, 0.3) is 0 Å². The van der Waals surface area contributed by atoms with Gasteiger partial charge >= 0.3 is 6.09 Å². The van der Waals surface area contributed by atoms with Gasteiger partial charge in [0.05, 0.1) is 23.6 Å². The molecule has 5 atom stereocenters. The van der Waals surface area contributed by atoms with Crippen molar-refractivity contribution in [3.05, 3.63) is 60.2 Å². The molecule has 214 valence electrons. The first-order valence-electron chi connectivity index (χ1n) is 13.0. The van der Waals surface area contributed by atoms with E-state index in [-0.39, 0.29) is 37.1 Å². The second-order valence-electron chi connectivity index (χ2n) is 10.2. The minimum absolute atomic E-state index is 0.0126. The van der Waals surface area contributed by atoms with Crippen molar-refractivity contribution in [3.8, 4) is 0 Å². The molecule has 1 amide bonds. The van der Waals surface area contributed by atoms with Gasteiger partial charge in [-0.25, -0.2) is 13.2 Å². The topological polar surface area (TPSA) is 150 Å². The van der Waals surface area contributed by atoms with Gasteiger partial charge in [-0.1, -0.05) is 44.2 Å². The predicted molar refractivity (Wildman–Crippen MR) is 143 cm³/mol. The molecule has 2 aromatic carbocycles. The molecule has 0 saturated carbocycles. The molecule has 39 heavy (non-hydrogen) atoms. The minimum atomic E-state index is -3.95. The van der Waals surface area contributed by atoms with Crippen LogP contribution in [0.1, 0.15) is 25.8 Å². The lowest BCUT2D eigenvalue weighted by molar-refractivity contribution is -0.168. The third-order valence-corrected chi connectivity index (χ3v) is 8.46. The van der Waals surface area contributed by atoms with E-state index in [1.807, 2.05) is 44.2 Å². The fourth-order valence-electron chi connectivity index (χ4n) is 4.65. The molecule has 4 N–H and O–H groups in total. The Bertz CT molecular complexity index is 1180. The second kappa shape index (κ2) is 13.1. The number of nitrogens with two attached hydrogens (primary N) is 1. The van der Waals surface area contributed by atoms with Gasteiger partial charge in [0.2, 0.25) is 10.0 Å². The molecule has 0 spiro atoms. The van der Waals surface area contributed by atoms with Crippen LogP contribution in [0.4, 0.5) is 10.5 Å². The Hall–Kier alpha value is -2.74. The number of nitrogens with one attached hydrogen (secondary N) is 1. The van der Waals surface area contributed by atoms with Crippen LogP contribution in [0, 0.1) is 5.92 Å². The lowest BCUT2D eigenvalue weighted by Gasteiger charge is -2.33. The number of amides is 1. The van der Waals surface area contributed by atoms with Gasteiger partial charge in [0, 0.05) is 25.2 Å². The number of nitrogens with zero attached hydrogens (tertiary/aromatic N) is 1. The maximum Gasteiger partial charge on any atom is 0.407 e. The van der Waals surface area contributed by atoms with Crippen molar-refractivity contribution in [2.24, 2.45) is 5.92 Å². The molecule has 0 aliphatic carbocycles. The number of alkyl carbamates (subject to hydrolysis) is 1. The standard InChI is InChI=1S/C27H37N3O8S/c1-18(2)15-30(39(33,34)21-10-8-20(28)9-11-21)16-23(31)22(14-19-6-4-3-5-7-19)29-27(32)38-24-12-13-35-26-25(24)36-17-37-26/h3-11,18,22-26,31H,12-17,28H2,1-2H3,(H,29,32)/t22-,23+,24-,25-,26-/m0/s1. The third-order valence-electron chi connectivity index (χ3n) is 6.61. The van der Waals surface area contributed by atoms with Crippen molar-refractivity contribution >= 4 is 21.8 Å². The number of nitrogen functional groups attached to an aromatic ring is 1. The monoisotopic (exact) mass is 563 g/mol. The summed E-state index contributed by atoms with van der Waals surface area (Å²) in [4.78, 5) is 13.1. The molecule has 0 unspecified atom stereocenters. The van der Waals surface area contributed by atoms with E-state index in [0.29, 0.717) is 18.7 Å². The maximum atomic E-state index is 13.5. The zero-order chi connectivity index (χ0) is 28.0. The number of hydrogen-bond donors (Lipinski definition) is 3. The van der Waals surface area contributed by atoms with Crippen molar-refractivity contribution in [2.45, 2.75) is 62.2 Å². The van der Waals surface area contributed by atoms with Gasteiger partial charge in [0.15, 0.2) is 13.1 Å². The molecular formula is C27H37N3O8S. The predicted octanol–water partition coefficient (Wildman–Crippen LogP) is 2.10. The van der Waals surface area contributed by atoms with Gasteiger partial charge in [-0.3, -0.25) is 0 Å². The molecule has 11 nitrogen and oxygen atoms in total. The number of rotatable bonds is 11. The Balaban J connectivity index is 1.51. The Kier molecular flexibility index (Phi) is 9.81. The zero-order valence-electron chi connectivity index (χ0n) is 22.1. The summed E-state index contributed by atoms with van der Waals surface area (Å²) in [5.41, 5.74) is 7.04. The van der Waals surface area contributed by atoms with E-state index in [0.717, 1.165) is 5.56 Å². The first-order chi connectivity index (χ1) is 18.6. The van der Waals surface area contributed by atoms with E-state index in [4.69, 9.17) is 24.7 Å². The lowest BCUT2D eigenvalue weighted by atomic mass is 10.0. The van der Waals surface area contributed by atoms with Crippen molar-refractivity contribution in [2.75, 3.05) is 32.2 Å². The molecule has 2 fully saturated rings. The summed E-state index contributed by atoms with van der Waals surface area (Å²) in [5.74, 6) is -0.0126. The Labute approximate surface area is 229 Å². The van der Waals surface area contributed by atoms with Gasteiger partial charge < -0.3 is 35.1 Å². The summed E-state index contributed by atoms with van der Waals surface area (Å²) < 4.78 is 50.3. The molecule has 4 rings (SSSR count). The number of carbonyl (C=O) groups excluding carboxylic acids is 1. The number of carbonyl (C=O) groups is 1. The summed E-state index contributed by atoms with van der Waals surface area (Å²) in [5, 5.41) is 14.1. The fraction of sp³-hybridized carbons (Fsp3) is 0.519. The number of hydrogen-bond acceptors (Lipinski definition) is 9. The van der Waals surface area contributed by atoms with Gasteiger partial charge in [-0.05, 0) is 42.2 Å². The molecular weight excluding hydrogens is 526 g/mol. The van der Waals surface area contributed by atoms with E-state index in [2.05, 4.69) is 5.32 Å². The van der Waals surface area contributed by atoms with Crippen LogP contribution in [-0.4, -0.2) is 81.1 Å². The van der Waals surface area contributed by atoms with E-state index >= 15 is 0 Å². The first-order valence-corrected chi connectivity index (χ1v) is 14.5. The highest BCUT2D eigenvalue weighted by molar-refractivity contribution is 7.89. The Morgan fingerprint density at radius 2 is 1.82 bits per heavy atom. The normalized spacial score (nSPS) is 22.8. The second-order valence-corrected chi connectivity index (χ2v) is 12.1. The highest BCUT2D eigenvalue weighted by Gasteiger charge is 2.42. The quantitative estimate of drug-likeness (QED) is 0.349. The molecule has 12 heteroatoms. The average molecular weight is 564 g/mol.